The van der Waals surface area contributed by atoms with E-state index in [1.165, 1.54) is 18.5 Å². The number of likely N-dealkylation sites (tertiary alicyclic amines) is 1. The van der Waals surface area contributed by atoms with E-state index in [0.717, 1.165) is 51.4 Å². The summed E-state index contributed by atoms with van der Waals surface area (Å²) >= 11 is 0. The third kappa shape index (κ3) is 4.40. The van der Waals surface area contributed by atoms with Gasteiger partial charge in [-0.15, -0.1) is 0 Å². The first-order chi connectivity index (χ1) is 14.8. The highest BCUT2D eigenvalue weighted by Crippen LogP contribution is 2.22. The zero-order valence-electron chi connectivity index (χ0n) is 17.4. The van der Waals surface area contributed by atoms with Gasteiger partial charge in [-0.25, -0.2) is 0 Å². The molecule has 6 nitrogen and oxygen atoms in total. The van der Waals surface area contributed by atoms with Crippen LogP contribution in [0.25, 0.3) is 11.4 Å². The lowest BCUT2D eigenvalue weighted by molar-refractivity contribution is 0.0825. The molecular weight excluding hydrogens is 374 g/mol. The molecule has 0 amide bonds. The highest BCUT2D eigenvalue weighted by atomic mass is 16.5. The van der Waals surface area contributed by atoms with Crippen LogP contribution in [-0.2, 0) is 6.54 Å². The van der Waals surface area contributed by atoms with Gasteiger partial charge in [0, 0.05) is 50.0 Å². The van der Waals surface area contributed by atoms with Gasteiger partial charge < -0.3 is 9.42 Å². The van der Waals surface area contributed by atoms with Crippen LogP contribution in [-0.4, -0.2) is 65.3 Å². The molecule has 1 aromatic heterocycles. The number of para-hydroxylation sites is 1. The number of hydrogen-bond acceptors (Lipinski definition) is 6. The van der Waals surface area contributed by atoms with Crippen molar-refractivity contribution in [2.75, 3.05) is 44.2 Å². The van der Waals surface area contributed by atoms with Gasteiger partial charge in [-0.1, -0.05) is 53.7 Å². The molecule has 1 atom stereocenters. The van der Waals surface area contributed by atoms with Crippen molar-refractivity contribution in [3.63, 3.8) is 0 Å². The Hall–Kier alpha value is -2.70. The number of piperazine rings is 1. The fourth-order valence-corrected chi connectivity index (χ4v) is 4.67. The highest BCUT2D eigenvalue weighted by molar-refractivity contribution is 5.53. The summed E-state index contributed by atoms with van der Waals surface area (Å²) in [4.78, 5) is 12.3. The Morgan fingerprint density at radius 3 is 2.37 bits per heavy atom. The Bertz CT molecular complexity index is 921. The van der Waals surface area contributed by atoms with Crippen LogP contribution in [0.4, 0.5) is 5.69 Å². The summed E-state index contributed by atoms with van der Waals surface area (Å²) in [6, 6.07) is 21.4. The SMILES string of the molecule is c1ccc(-c2noc(CN3CCCC(N4CCN(c5ccccc5)CC4)C3)n2)cc1. The fourth-order valence-electron chi connectivity index (χ4n) is 4.67. The van der Waals surface area contributed by atoms with E-state index in [1.807, 2.05) is 30.3 Å². The number of hydrogen-bond donors (Lipinski definition) is 0. The average molecular weight is 404 g/mol. The van der Waals surface area contributed by atoms with Gasteiger partial charge >= 0.3 is 0 Å². The minimum absolute atomic E-state index is 0.619. The summed E-state index contributed by atoms with van der Waals surface area (Å²) in [5.41, 5.74) is 2.34. The van der Waals surface area contributed by atoms with E-state index in [2.05, 4.69) is 55.2 Å². The van der Waals surface area contributed by atoms with Crippen LogP contribution in [0, 0.1) is 0 Å². The molecule has 3 aromatic rings. The maximum Gasteiger partial charge on any atom is 0.241 e. The third-order valence-electron chi connectivity index (χ3n) is 6.29. The molecule has 2 saturated heterocycles. The lowest BCUT2D eigenvalue weighted by Gasteiger charge is -2.43. The summed E-state index contributed by atoms with van der Waals surface area (Å²) < 4.78 is 5.54. The van der Waals surface area contributed by atoms with Gasteiger partial charge in [-0.05, 0) is 31.5 Å². The molecule has 1 unspecified atom stereocenters. The van der Waals surface area contributed by atoms with Gasteiger partial charge in [-0.2, -0.15) is 4.98 Å². The first-order valence-electron chi connectivity index (χ1n) is 11.0. The Kier molecular flexibility index (Phi) is 5.77. The molecule has 2 fully saturated rings. The maximum absolute atomic E-state index is 5.54. The van der Waals surface area contributed by atoms with E-state index < -0.39 is 0 Å². The van der Waals surface area contributed by atoms with Crippen molar-refractivity contribution >= 4 is 5.69 Å². The van der Waals surface area contributed by atoms with Crippen molar-refractivity contribution in [1.29, 1.82) is 0 Å². The molecule has 0 saturated carbocycles. The van der Waals surface area contributed by atoms with Crippen LogP contribution in [0.5, 0.6) is 0 Å². The maximum atomic E-state index is 5.54. The topological polar surface area (TPSA) is 48.6 Å². The van der Waals surface area contributed by atoms with Crippen LogP contribution in [0.15, 0.2) is 65.2 Å². The molecule has 6 heteroatoms. The van der Waals surface area contributed by atoms with Crippen molar-refractivity contribution in [2.24, 2.45) is 0 Å². The summed E-state index contributed by atoms with van der Waals surface area (Å²) in [7, 11) is 0. The Morgan fingerprint density at radius 2 is 1.60 bits per heavy atom. The van der Waals surface area contributed by atoms with Crippen LogP contribution in [0.2, 0.25) is 0 Å². The van der Waals surface area contributed by atoms with Gasteiger partial charge in [0.15, 0.2) is 0 Å². The number of benzene rings is 2. The van der Waals surface area contributed by atoms with E-state index in [0.29, 0.717) is 17.8 Å². The van der Waals surface area contributed by atoms with Crippen molar-refractivity contribution in [3.8, 4) is 11.4 Å². The molecule has 5 rings (SSSR count). The zero-order valence-corrected chi connectivity index (χ0v) is 17.4. The van der Waals surface area contributed by atoms with E-state index in [9.17, 15) is 0 Å². The van der Waals surface area contributed by atoms with Crippen LogP contribution < -0.4 is 4.90 Å². The molecule has 0 N–H and O–H groups in total. The van der Waals surface area contributed by atoms with Gasteiger partial charge in [-0.3, -0.25) is 9.80 Å². The lowest BCUT2D eigenvalue weighted by Crippen LogP contribution is -2.55. The summed E-state index contributed by atoms with van der Waals surface area (Å²) in [5, 5.41) is 4.17. The minimum Gasteiger partial charge on any atom is -0.369 e. The van der Waals surface area contributed by atoms with Crippen LogP contribution in [0.1, 0.15) is 18.7 Å². The predicted octanol–water partition coefficient (Wildman–Crippen LogP) is 3.52. The second-order valence-electron chi connectivity index (χ2n) is 8.27. The molecule has 2 aliphatic heterocycles. The number of anilines is 1. The first-order valence-corrected chi connectivity index (χ1v) is 11.0. The van der Waals surface area contributed by atoms with Crippen LogP contribution >= 0.6 is 0 Å². The summed E-state index contributed by atoms with van der Waals surface area (Å²) in [5.74, 6) is 1.39. The summed E-state index contributed by atoms with van der Waals surface area (Å²) in [6.07, 6.45) is 2.50. The van der Waals surface area contributed by atoms with Gasteiger partial charge in [0.2, 0.25) is 11.7 Å². The number of piperidine rings is 1. The van der Waals surface area contributed by atoms with E-state index in [1.54, 1.807) is 0 Å². The molecule has 0 aliphatic carbocycles. The molecule has 3 heterocycles. The molecule has 30 heavy (non-hydrogen) atoms. The number of nitrogens with zero attached hydrogens (tertiary/aromatic N) is 5. The first kappa shape index (κ1) is 19.3. The van der Waals surface area contributed by atoms with Crippen LogP contribution in [0.3, 0.4) is 0 Å². The van der Waals surface area contributed by atoms with E-state index in [4.69, 9.17) is 4.52 Å². The van der Waals surface area contributed by atoms with Gasteiger partial charge in [0.1, 0.15) is 0 Å². The molecule has 0 bridgehead atoms. The molecule has 0 radical (unpaired) electrons. The third-order valence-corrected chi connectivity index (χ3v) is 6.29. The lowest BCUT2D eigenvalue weighted by atomic mass is 10.0. The molecule has 2 aliphatic rings. The average Bonchev–Trinajstić information content (AvgIpc) is 3.29. The van der Waals surface area contributed by atoms with E-state index in [-0.39, 0.29) is 0 Å². The molecule has 156 valence electrons. The summed E-state index contributed by atoms with van der Waals surface area (Å²) in [6.45, 7) is 7.38. The van der Waals surface area contributed by atoms with E-state index >= 15 is 0 Å². The molecular formula is C24H29N5O. The Balaban J connectivity index is 1.16. The largest absolute Gasteiger partial charge is 0.369 e. The van der Waals surface area contributed by atoms with Crippen molar-refractivity contribution in [3.05, 3.63) is 66.6 Å². The monoisotopic (exact) mass is 403 g/mol. The second kappa shape index (κ2) is 8.98. The highest BCUT2D eigenvalue weighted by Gasteiger charge is 2.29. The smallest absolute Gasteiger partial charge is 0.241 e. The minimum atomic E-state index is 0.619. The second-order valence-corrected chi connectivity index (χ2v) is 8.27. The van der Waals surface area contributed by atoms with Gasteiger partial charge in [0.05, 0.1) is 6.54 Å². The Labute approximate surface area is 178 Å². The quantitative estimate of drug-likeness (QED) is 0.650. The van der Waals surface area contributed by atoms with Crippen molar-refractivity contribution in [1.82, 2.24) is 19.9 Å². The normalized spacial score (nSPS) is 21.1. The zero-order chi connectivity index (χ0) is 20.2. The standard InChI is InChI=1S/C24H29N5O/c1-3-8-20(9-4-1)24-25-23(30-26-24)19-27-13-7-12-22(18-27)29-16-14-28(15-17-29)21-10-5-2-6-11-21/h1-6,8-11,22H,7,12-19H2. The molecule has 2 aromatic carbocycles. The predicted molar refractivity (Wildman–Crippen MR) is 118 cm³/mol. The fraction of sp³-hybridized carbons (Fsp3) is 0.417. The number of aromatic nitrogens is 2. The van der Waals surface area contributed by atoms with Crippen molar-refractivity contribution < 1.29 is 4.52 Å². The molecule has 0 spiro atoms. The van der Waals surface area contributed by atoms with Crippen molar-refractivity contribution in [2.45, 2.75) is 25.4 Å². The number of rotatable bonds is 5. The Morgan fingerprint density at radius 1 is 0.867 bits per heavy atom. The van der Waals surface area contributed by atoms with Gasteiger partial charge in [0.25, 0.3) is 0 Å².